The summed E-state index contributed by atoms with van der Waals surface area (Å²) in [5, 5.41) is 8.59. The second-order valence-electron chi connectivity index (χ2n) is 4.60. The molecular formula is C14H19F2NO3. The molecule has 0 heterocycles. The van der Waals surface area contributed by atoms with E-state index in [-0.39, 0.29) is 18.2 Å². The third-order valence-electron chi connectivity index (χ3n) is 3.15. The highest BCUT2D eigenvalue weighted by atomic mass is 19.3. The van der Waals surface area contributed by atoms with Gasteiger partial charge in [0.05, 0.1) is 0 Å². The molecule has 20 heavy (non-hydrogen) atoms. The van der Waals surface area contributed by atoms with Crippen LogP contribution in [0.15, 0.2) is 24.3 Å². The van der Waals surface area contributed by atoms with E-state index in [0.717, 1.165) is 5.56 Å². The normalized spacial score (nSPS) is 12.7. The molecule has 1 aromatic carbocycles. The zero-order chi connectivity index (χ0) is 15.1. The summed E-state index contributed by atoms with van der Waals surface area (Å²) in [7, 11) is 1.90. The van der Waals surface area contributed by atoms with Gasteiger partial charge in [-0.1, -0.05) is 12.1 Å². The molecule has 1 rings (SSSR count). The highest BCUT2D eigenvalue weighted by Crippen LogP contribution is 2.22. The Balaban J connectivity index is 2.53. The van der Waals surface area contributed by atoms with Crippen molar-refractivity contribution in [3.8, 4) is 5.75 Å². The summed E-state index contributed by atoms with van der Waals surface area (Å²) in [5.41, 5.74) is 0.962. The number of ether oxygens (including phenoxy) is 1. The van der Waals surface area contributed by atoms with Crippen LogP contribution in [-0.4, -0.2) is 36.2 Å². The largest absolute Gasteiger partial charge is 0.481 e. The van der Waals surface area contributed by atoms with Crippen LogP contribution in [0.2, 0.25) is 0 Å². The molecule has 0 aliphatic carbocycles. The fourth-order valence-electron chi connectivity index (χ4n) is 1.86. The molecule has 1 N–H and O–H groups in total. The van der Waals surface area contributed by atoms with Crippen molar-refractivity contribution in [1.82, 2.24) is 4.90 Å². The van der Waals surface area contributed by atoms with Crippen molar-refractivity contribution in [2.45, 2.75) is 32.4 Å². The minimum Gasteiger partial charge on any atom is -0.481 e. The number of benzene rings is 1. The Morgan fingerprint density at radius 1 is 1.35 bits per heavy atom. The first kappa shape index (κ1) is 16.4. The number of carboxylic acids is 1. The molecule has 0 radical (unpaired) electrons. The molecule has 0 bridgehead atoms. The topological polar surface area (TPSA) is 49.8 Å². The van der Waals surface area contributed by atoms with Gasteiger partial charge in [-0.15, -0.1) is 0 Å². The monoisotopic (exact) mass is 287 g/mol. The molecule has 0 spiro atoms. The first-order valence-corrected chi connectivity index (χ1v) is 6.37. The molecule has 0 aromatic heterocycles. The van der Waals surface area contributed by atoms with E-state index in [1.807, 2.05) is 18.9 Å². The Morgan fingerprint density at radius 2 is 1.95 bits per heavy atom. The minimum atomic E-state index is -2.82. The van der Waals surface area contributed by atoms with Crippen LogP contribution in [0.4, 0.5) is 8.78 Å². The highest BCUT2D eigenvalue weighted by Gasteiger charge is 2.12. The number of carbonyl (C=O) groups is 1. The van der Waals surface area contributed by atoms with E-state index in [0.29, 0.717) is 13.0 Å². The van der Waals surface area contributed by atoms with Gasteiger partial charge >= 0.3 is 12.6 Å². The summed E-state index contributed by atoms with van der Waals surface area (Å²) in [5.74, 6) is -0.677. The predicted molar refractivity (Wildman–Crippen MR) is 71.0 cm³/mol. The van der Waals surface area contributed by atoms with Crippen LogP contribution in [0.25, 0.3) is 0 Å². The SMILES string of the molecule is CC(c1ccc(OC(F)F)cc1)N(C)CCCC(=O)O. The molecular weight excluding hydrogens is 268 g/mol. The quantitative estimate of drug-likeness (QED) is 0.798. The third-order valence-corrected chi connectivity index (χ3v) is 3.15. The zero-order valence-corrected chi connectivity index (χ0v) is 11.6. The van der Waals surface area contributed by atoms with Crippen LogP contribution >= 0.6 is 0 Å². The lowest BCUT2D eigenvalue weighted by molar-refractivity contribution is -0.137. The first-order valence-electron chi connectivity index (χ1n) is 6.37. The van der Waals surface area contributed by atoms with Gasteiger partial charge in [0.1, 0.15) is 5.75 Å². The average Bonchev–Trinajstić information content (AvgIpc) is 2.37. The van der Waals surface area contributed by atoms with Gasteiger partial charge in [-0.25, -0.2) is 0 Å². The number of hydrogen-bond donors (Lipinski definition) is 1. The Labute approximate surface area is 117 Å². The summed E-state index contributed by atoms with van der Waals surface area (Å²) in [6.07, 6.45) is 0.709. The van der Waals surface area contributed by atoms with Crippen LogP contribution in [0.5, 0.6) is 5.75 Å². The van der Waals surface area contributed by atoms with Crippen molar-refractivity contribution >= 4 is 5.97 Å². The smallest absolute Gasteiger partial charge is 0.387 e. The van der Waals surface area contributed by atoms with Crippen molar-refractivity contribution < 1.29 is 23.4 Å². The van der Waals surface area contributed by atoms with Crippen molar-refractivity contribution in [2.24, 2.45) is 0 Å². The fourth-order valence-corrected chi connectivity index (χ4v) is 1.86. The van der Waals surface area contributed by atoms with E-state index < -0.39 is 12.6 Å². The number of halogens is 2. The maximum absolute atomic E-state index is 12.0. The summed E-state index contributed by atoms with van der Waals surface area (Å²) < 4.78 is 28.4. The third kappa shape index (κ3) is 5.52. The average molecular weight is 287 g/mol. The van der Waals surface area contributed by atoms with Crippen LogP contribution < -0.4 is 4.74 Å². The molecule has 0 saturated carbocycles. The molecule has 1 unspecified atom stereocenters. The minimum absolute atomic E-state index is 0.0735. The lowest BCUT2D eigenvalue weighted by atomic mass is 10.1. The number of carboxylic acid groups (broad SMARTS) is 1. The van der Waals surface area contributed by atoms with Gasteiger partial charge in [-0.05, 0) is 44.6 Å². The van der Waals surface area contributed by atoms with E-state index in [1.165, 1.54) is 12.1 Å². The molecule has 0 aliphatic heterocycles. The van der Waals surface area contributed by atoms with Crippen molar-refractivity contribution in [3.63, 3.8) is 0 Å². The number of hydrogen-bond acceptors (Lipinski definition) is 3. The maximum atomic E-state index is 12.0. The van der Waals surface area contributed by atoms with Gasteiger partial charge in [0.2, 0.25) is 0 Å². The Bertz CT molecular complexity index is 423. The predicted octanol–water partition coefficient (Wildman–Crippen LogP) is 3.15. The van der Waals surface area contributed by atoms with Crippen LogP contribution in [-0.2, 0) is 4.79 Å². The Hall–Kier alpha value is -1.69. The molecule has 0 fully saturated rings. The maximum Gasteiger partial charge on any atom is 0.387 e. The summed E-state index contributed by atoms with van der Waals surface area (Å²) in [4.78, 5) is 12.5. The second kappa shape index (κ2) is 7.79. The van der Waals surface area contributed by atoms with Crippen molar-refractivity contribution in [3.05, 3.63) is 29.8 Å². The number of nitrogens with zero attached hydrogens (tertiary/aromatic N) is 1. The fraction of sp³-hybridized carbons (Fsp3) is 0.500. The summed E-state index contributed by atoms with van der Waals surface area (Å²) in [6, 6.07) is 6.54. The van der Waals surface area contributed by atoms with E-state index in [2.05, 4.69) is 4.74 Å². The first-order chi connectivity index (χ1) is 9.40. The van der Waals surface area contributed by atoms with E-state index in [4.69, 9.17) is 5.11 Å². The lowest BCUT2D eigenvalue weighted by Crippen LogP contribution is -2.24. The van der Waals surface area contributed by atoms with Gasteiger partial charge in [0, 0.05) is 12.5 Å². The second-order valence-corrected chi connectivity index (χ2v) is 4.60. The molecule has 0 aliphatic rings. The molecule has 6 heteroatoms. The highest BCUT2D eigenvalue weighted by molar-refractivity contribution is 5.66. The summed E-state index contributed by atoms with van der Waals surface area (Å²) >= 11 is 0. The number of alkyl halides is 2. The van der Waals surface area contributed by atoms with Gasteiger partial charge in [-0.3, -0.25) is 9.69 Å². The van der Waals surface area contributed by atoms with Gasteiger partial charge < -0.3 is 9.84 Å². The van der Waals surface area contributed by atoms with E-state index in [9.17, 15) is 13.6 Å². The standard InChI is InChI=1S/C14H19F2NO3/c1-10(17(2)9-3-4-13(18)19)11-5-7-12(8-6-11)20-14(15)16/h5-8,10,14H,3-4,9H2,1-2H3,(H,18,19). The zero-order valence-electron chi connectivity index (χ0n) is 11.6. The molecule has 1 aromatic rings. The van der Waals surface area contributed by atoms with Crippen LogP contribution in [0, 0.1) is 0 Å². The molecule has 0 saturated heterocycles. The Kier molecular flexibility index (Phi) is 6.38. The van der Waals surface area contributed by atoms with Crippen molar-refractivity contribution in [2.75, 3.05) is 13.6 Å². The van der Waals surface area contributed by atoms with Crippen LogP contribution in [0.3, 0.4) is 0 Å². The van der Waals surface area contributed by atoms with E-state index >= 15 is 0 Å². The van der Waals surface area contributed by atoms with Crippen LogP contribution in [0.1, 0.15) is 31.4 Å². The molecule has 112 valence electrons. The van der Waals surface area contributed by atoms with Gasteiger partial charge in [0.25, 0.3) is 0 Å². The summed E-state index contributed by atoms with van der Waals surface area (Å²) in [6.45, 7) is -0.191. The number of rotatable bonds is 8. The van der Waals surface area contributed by atoms with E-state index in [1.54, 1.807) is 12.1 Å². The van der Waals surface area contributed by atoms with Gasteiger partial charge in [-0.2, -0.15) is 8.78 Å². The molecule has 1 atom stereocenters. The van der Waals surface area contributed by atoms with Gasteiger partial charge in [0.15, 0.2) is 0 Å². The van der Waals surface area contributed by atoms with Crippen molar-refractivity contribution in [1.29, 1.82) is 0 Å². The lowest BCUT2D eigenvalue weighted by Gasteiger charge is -2.25. The molecule has 0 amide bonds. The number of aliphatic carboxylic acids is 1. The Morgan fingerprint density at radius 3 is 2.45 bits per heavy atom. The molecule has 4 nitrogen and oxygen atoms in total.